The number of carboxylic acids is 1. The van der Waals surface area contributed by atoms with Crippen LogP contribution in [0.5, 0.6) is 0 Å². The van der Waals surface area contributed by atoms with Crippen LogP contribution in [0.4, 0.5) is 0 Å². The van der Waals surface area contributed by atoms with E-state index in [9.17, 15) is 9.90 Å². The molecule has 0 saturated carbocycles. The molecule has 23 heavy (non-hydrogen) atoms. The maximum absolute atomic E-state index is 11.7. The van der Waals surface area contributed by atoms with E-state index in [1.54, 1.807) is 10.9 Å². The summed E-state index contributed by atoms with van der Waals surface area (Å²) in [7, 11) is 0. The Morgan fingerprint density at radius 1 is 1.43 bits per heavy atom. The number of rotatable bonds is 5. The summed E-state index contributed by atoms with van der Waals surface area (Å²) < 4.78 is 1.62. The fourth-order valence-electron chi connectivity index (χ4n) is 2.93. The summed E-state index contributed by atoms with van der Waals surface area (Å²) in [5.74, 6) is -0.907. The van der Waals surface area contributed by atoms with Crippen LogP contribution in [0.3, 0.4) is 0 Å². The Labute approximate surface area is 141 Å². The number of aromatic nitrogens is 3. The van der Waals surface area contributed by atoms with Gasteiger partial charge in [-0.3, -0.25) is 9.67 Å². The number of hydrogen-bond acceptors (Lipinski definition) is 4. The lowest BCUT2D eigenvalue weighted by Crippen LogP contribution is -2.28. The molecule has 0 bridgehead atoms. The van der Waals surface area contributed by atoms with E-state index in [-0.39, 0.29) is 12.4 Å². The predicted molar refractivity (Wildman–Crippen MR) is 90.2 cm³/mol. The molecule has 0 radical (unpaired) electrons. The summed E-state index contributed by atoms with van der Waals surface area (Å²) in [6.07, 6.45) is 5.09. The zero-order valence-electron chi connectivity index (χ0n) is 13.2. The van der Waals surface area contributed by atoms with Crippen LogP contribution in [-0.2, 0) is 19.4 Å². The summed E-state index contributed by atoms with van der Waals surface area (Å²) in [6, 6.07) is 2.29. The molecular weight excluding hydrogens is 316 g/mol. The van der Waals surface area contributed by atoms with E-state index < -0.39 is 5.97 Å². The van der Waals surface area contributed by atoms with Crippen LogP contribution in [0.15, 0.2) is 18.5 Å². The Kier molecular flexibility index (Phi) is 5.38. The van der Waals surface area contributed by atoms with Gasteiger partial charge in [-0.2, -0.15) is 5.10 Å². The molecule has 6 nitrogen and oxygen atoms in total. The molecule has 0 aliphatic heterocycles. The largest absolute Gasteiger partial charge is 0.477 e. The monoisotopic (exact) mass is 336 g/mol. The first-order valence-electron chi connectivity index (χ1n) is 7.57. The quantitative estimate of drug-likeness (QED) is 0.874. The van der Waals surface area contributed by atoms with Crippen molar-refractivity contribution in [3.8, 4) is 11.3 Å². The second kappa shape index (κ2) is 7.10. The van der Waals surface area contributed by atoms with E-state index in [4.69, 9.17) is 0 Å². The van der Waals surface area contributed by atoms with E-state index in [0.29, 0.717) is 31.2 Å². The third kappa shape index (κ3) is 3.38. The summed E-state index contributed by atoms with van der Waals surface area (Å²) in [6.45, 7) is 5.37. The van der Waals surface area contributed by atoms with Crippen LogP contribution in [0, 0.1) is 0 Å². The molecule has 0 atom stereocenters. The molecule has 0 fully saturated rings. The van der Waals surface area contributed by atoms with Crippen LogP contribution in [0.2, 0.25) is 0 Å². The molecule has 124 valence electrons. The predicted octanol–water partition coefficient (Wildman–Crippen LogP) is 2.16. The van der Waals surface area contributed by atoms with Crippen LogP contribution in [-0.4, -0.2) is 38.4 Å². The molecule has 0 saturated heterocycles. The highest BCUT2D eigenvalue weighted by molar-refractivity contribution is 5.90. The molecule has 1 aliphatic rings. The summed E-state index contributed by atoms with van der Waals surface area (Å²) in [5, 5.41) is 17.4. The van der Waals surface area contributed by atoms with Crippen molar-refractivity contribution < 1.29 is 9.90 Å². The first-order chi connectivity index (χ1) is 10.6. The summed E-state index contributed by atoms with van der Waals surface area (Å²) in [5.41, 5.74) is 4.11. The molecule has 2 aromatic heterocycles. The fraction of sp³-hybridized carbons (Fsp3) is 0.438. The minimum Gasteiger partial charge on any atom is -0.477 e. The standard InChI is InChI=1S/C16H20N4O2.ClH/c1-10(2)18-7-8-20-15(16(21)22)13-4-3-11-9-17-6-5-12(11)14(13)19-20;/h5-6,9-10,18H,3-4,7-8H2,1-2H3,(H,21,22);1H. The summed E-state index contributed by atoms with van der Waals surface area (Å²) >= 11 is 0. The Balaban J connectivity index is 0.00000192. The Bertz CT molecular complexity index is 712. The molecule has 1 aliphatic carbocycles. The van der Waals surface area contributed by atoms with Crippen molar-refractivity contribution in [2.24, 2.45) is 0 Å². The maximum Gasteiger partial charge on any atom is 0.354 e. The molecule has 2 heterocycles. The van der Waals surface area contributed by atoms with E-state index in [2.05, 4.69) is 29.2 Å². The van der Waals surface area contributed by atoms with E-state index >= 15 is 0 Å². The lowest BCUT2D eigenvalue weighted by Gasteiger charge is -2.14. The number of nitrogens with zero attached hydrogens (tertiary/aromatic N) is 3. The number of pyridine rings is 1. The number of aryl methyl sites for hydroxylation is 1. The highest BCUT2D eigenvalue weighted by Crippen LogP contribution is 2.33. The van der Waals surface area contributed by atoms with Crippen LogP contribution < -0.4 is 5.32 Å². The zero-order valence-corrected chi connectivity index (χ0v) is 14.1. The second-order valence-corrected chi connectivity index (χ2v) is 5.85. The minimum atomic E-state index is -0.907. The Morgan fingerprint density at radius 2 is 2.22 bits per heavy atom. The molecule has 2 N–H and O–H groups in total. The van der Waals surface area contributed by atoms with Gasteiger partial charge in [-0.1, -0.05) is 13.8 Å². The van der Waals surface area contributed by atoms with Gasteiger partial charge in [0.15, 0.2) is 0 Å². The van der Waals surface area contributed by atoms with Gasteiger partial charge in [-0.05, 0) is 24.5 Å². The lowest BCUT2D eigenvalue weighted by molar-refractivity contribution is 0.0682. The lowest BCUT2D eigenvalue weighted by atomic mass is 9.90. The van der Waals surface area contributed by atoms with Crippen LogP contribution in [0.25, 0.3) is 11.3 Å². The van der Waals surface area contributed by atoms with Gasteiger partial charge < -0.3 is 10.4 Å². The Morgan fingerprint density at radius 3 is 2.91 bits per heavy atom. The van der Waals surface area contributed by atoms with E-state index in [1.165, 1.54) is 0 Å². The topological polar surface area (TPSA) is 80.0 Å². The molecule has 0 unspecified atom stereocenters. The molecule has 2 aromatic rings. The normalized spacial score (nSPS) is 12.5. The van der Waals surface area contributed by atoms with E-state index in [1.807, 2.05) is 12.3 Å². The van der Waals surface area contributed by atoms with Crippen molar-refractivity contribution in [2.45, 2.75) is 39.3 Å². The number of aromatic carboxylic acids is 1. The van der Waals surface area contributed by atoms with Gasteiger partial charge in [0.05, 0.1) is 12.2 Å². The highest BCUT2D eigenvalue weighted by Gasteiger charge is 2.27. The van der Waals surface area contributed by atoms with Crippen LogP contribution >= 0.6 is 12.4 Å². The summed E-state index contributed by atoms with van der Waals surface area (Å²) in [4.78, 5) is 15.8. The first kappa shape index (κ1) is 17.4. The Hall–Kier alpha value is -1.92. The number of carboxylic acid groups (broad SMARTS) is 1. The average Bonchev–Trinajstić information content (AvgIpc) is 2.85. The first-order valence-corrected chi connectivity index (χ1v) is 7.57. The molecule has 0 amide bonds. The van der Waals surface area contributed by atoms with Crippen LogP contribution in [0.1, 0.15) is 35.5 Å². The molecule has 0 spiro atoms. The van der Waals surface area contributed by atoms with Crippen molar-refractivity contribution in [1.82, 2.24) is 20.1 Å². The van der Waals surface area contributed by atoms with E-state index in [0.717, 1.165) is 28.8 Å². The molecule has 3 rings (SSSR count). The van der Waals surface area contributed by atoms with Gasteiger partial charge in [0, 0.05) is 36.1 Å². The smallest absolute Gasteiger partial charge is 0.354 e. The number of carbonyl (C=O) groups is 1. The number of hydrogen-bond donors (Lipinski definition) is 2. The van der Waals surface area contributed by atoms with Gasteiger partial charge >= 0.3 is 5.97 Å². The average molecular weight is 337 g/mol. The number of fused-ring (bicyclic) bond motifs is 3. The van der Waals surface area contributed by atoms with Gasteiger partial charge in [0.25, 0.3) is 0 Å². The van der Waals surface area contributed by atoms with Gasteiger partial charge in [-0.25, -0.2) is 4.79 Å². The highest BCUT2D eigenvalue weighted by atomic mass is 35.5. The molecular formula is C16H21ClN4O2. The van der Waals surface area contributed by atoms with Crippen molar-refractivity contribution in [2.75, 3.05) is 6.54 Å². The molecule has 7 heteroatoms. The minimum absolute atomic E-state index is 0. The van der Waals surface area contributed by atoms with Crippen molar-refractivity contribution in [3.05, 3.63) is 35.3 Å². The third-order valence-corrected chi connectivity index (χ3v) is 3.93. The molecule has 0 aromatic carbocycles. The number of halogens is 1. The SMILES string of the molecule is CC(C)NCCn1nc2c(c1C(=O)O)CCc1cnccc1-2.Cl. The van der Waals surface area contributed by atoms with Crippen molar-refractivity contribution in [1.29, 1.82) is 0 Å². The fourth-order valence-corrected chi connectivity index (χ4v) is 2.93. The number of nitrogens with one attached hydrogen (secondary N) is 1. The third-order valence-electron chi connectivity index (χ3n) is 3.93. The van der Waals surface area contributed by atoms with Gasteiger partial charge in [0.2, 0.25) is 0 Å². The van der Waals surface area contributed by atoms with Crippen molar-refractivity contribution in [3.63, 3.8) is 0 Å². The zero-order chi connectivity index (χ0) is 15.7. The van der Waals surface area contributed by atoms with Crippen molar-refractivity contribution >= 4 is 18.4 Å². The maximum atomic E-state index is 11.7. The van der Waals surface area contributed by atoms with Gasteiger partial charge in [0.1, 0.15) is 5.69 Å². The second-order valence-electron chi connectivity index (χ2n) is 5.85. The van der Waals surface area contributed by atoms with Gasteiger partial charge in [-0.15, -0.1) is 12.4 Å².